The lowest BCUT2D eigenvalue weighted by molar-refractivity contribution is 0.100. The minimum Gasteiger partial charge on any atom is -0.379 e. The SMILES string of the molecule is CCC(C)n1ccc(CNc2cccc(C(N)=O)c2)n1. The van der Waals surface area contributed by atoms with Crippen LogP contribution in [-0.4, -0.2) is 15.7 Å². The Kier molecular flexibility index (Phi) is 4.40. The van der Waals surface area contributed by atoms with Crippen molar-refractivity contribution >= 4 is 11.6 Å². The van der Waals surface area contributed by atoms with Crippen LogP contribution in [0.4, 0.5) is 5.69 Å². The number of primary amides is 1. The highest BCUT2D eigenvalue weighted by atomic mass is 16.1. The fourth-order valence-corrected chi connectivity index (χ4v) is 1.88. The summed E-state index contributed by atoms with van der Waals surface area (Å²) in [5, 5.41) is 7.76. The molecule has 0 spiro atoms. The average Bonchev–Trinajstić information content (AvgIpc) is 2.93. The molecule has 3 N–H and O–H groups in total. The van der Waals surface area contributed by atoms with E-state index in [4.69, 9.17) is 5.73 Å². The van der Waals surface area contributed by atoms with Crippen LogP contribution >= 0.6 is 0 Å². The highest BCUT2D eigenvalue weighted by Gasteiger charge is 2.05. The van der Waals surface area contributed by atoms with E-state index in [9.17, 15) is 4.79 Å². The van der Waals surface area contributed by atoms with E-state index in [1.807, 2.05) is 23.0 Å². The van der Waals surface area contributed by atoms with Gasteiger partial charge in [0.05, 0.1) is 12.2 Å². The normalized spacial score (nSPS) is 12.1. The third-order valence-corrected chi connectivity index (χ3v) is 3.33. The Morgan fingerprint density at radius 3 is 2.95 bits per heavy atom. The van der Waals surface area contributed by atoms with E-state index in [1.54, 1.807) is 18.2 Å². The topological polar surface area (TPSA) is 72.9 Å². The molecule has 1 amide bonds. The Bertz CT molecular complexity index is 591. The summed E-state index contributed by atoms with van der Waals surface area (Å²) >= 11 is 0. The van der Waals surface area contributed by atoms with Crippen molar-refractivity contribution in [3.63, 3.8) is 0 Å². The molecule has 2 aromatic rings. The van der Waals surface area contributed by atoms with Gasteiger partial charge in [-0.25, -0.2) is 0 Å². The van der Waals surface area contributed by atoms with Crippen LogP contribution in [-0.2, 0) is 6.54 Å². The molecule has 1 aromatic carbocycles. The number of nitrogens with two attached hydrogens (primary N) is 1. The molecule has 0 saturated heterocycles. The third kappa shape index (κ3) is 3.38. The first-order valence-corrected chi connectivity index (χ1v) is 6.78. The lowest BCUT2D eigenvalue weighted by Crippen LogP contribution is -2.11. The standard InChI is InChI=1S/C15H20N4O/c1-3-11(2)19-8-7-14(18-19)10-17-13-6-4-5-12(9-13)15(16)20/h4-9,11,17H,3,10H2,1-2H3,(H2,16,20). The summed E-state index contributed by atoms with van der Waals surface area (Å²) in [6.07, 6.45) is 3.04. The quantitative estimate of drug-likeness (QED) is 0.848. The van der Waals surface area contributed by atoms with Gasteiger partial charge in [-0.3, -0.25) is 9.48 Å². The van der Waals surface area contributed by atoms with Gasteiger partial charge in [0.2, 0.25) is 5.91 Å². The molecule has 1 heterocycles. The number of nitrogens with zero attached hydrogens (tertiary/aromatic N) is 2. The predicted octanol–water partition coefficient (Wildman–Crippen LogP) is 2.57. The summed E-state index contributed by atoms with van der Waals surface area (Å²) < 4.78 is 1.97. The van der Waals surface area contributed by atoms with Gasteiger partial charge in [-0.2, -0.15) is 5.10 Å². The zero-order chi connectivity index (χ0) is 14.5. The highest BCUT2D eigenvalue weighted by molar-refractivity contribution is 5.93. The van der Waals surface area contributed by atoms with Crippen molar-refractivity contribution in [2.24, 2.45) is 5.73 Å². The zero-order valence-corrected chi connectivity index (χ0v) is 11.8. The molecule has 0 aliphatic rings. The number of carbonyl (C=O) groups is 1. The fraction of sp³-hybridized carbons (Fsp3) is 0.333. The van der Waals surface area contributed by atoms with Crippen molar-refractivity contribution in [2.75, 3.05) is 5.32 Å². The summed E-state index contributed by atoms with van der Waals surface area (Å²) in [6, 6.07) is 9.55. The van der Waals surface area contributed by atoms with Gasteiger partial charge in [0.1, 0.15) is 0 Å². The Balaban J connectivity index is 2.00. The van der Waals surface area contributed by atoms with E-state index in [0.29, 0.717) is 18.2 Å². The molecule has 1 aromatic heterocycles. The van der Waals surface area contributed by atoms with Gasteiger partial charge >= 0.3 is 0 Å². The number of benzene rings is 1. The van der Waals surface area contributed by atoms with Gasteiger partial charge in [0, 0.05) is 23.5 Å². The van der Waals surface area contributed by atoms with Crippen molar-refractivity contribution in [1.82, 2.24) is 9.78 Å². The molecule has 1 unspecified atom stereocenters. The van der Waals surface area contributed by atoms with E-state index >= 15 is 0 Å². The first kappa shape index (κ1) is 14.1. The number of carbonyl (C=O) groups excluding carboxylic acids is 1. The van der Waals surface area contributed by atoms with Gasteiger partial charge in [0.25, 0.3) is 0 Å². The van der Waals surface area contributed by atoms with Crippen molar-refractivity contribution < 1.29 is 4.79 Å². The smallest absolute Gasteiger partial charge is 0.248 e. The molecule has 0 bridgehead atoms. The van der Waals surface area contributed by atoms with Gasteiger partial charge < -0.3 is 11.1 Å². The Morgan fingerprint density at radius 1 is 1.45 bits per heavy atom. The van der Waals surface area contributed by atoms with Crippen LogP contribution in [0.1, 0.15) is 42.4 Å². The predicted molar refractivity (Wildman–Crippen MR) is 79.5 cm³/mol. The van der Waals surface area contributed by atoms with Gasteiger partial charge in [-0.15, -0.1) is 0 Å². The molecule has 20 heavy (non-hydrogen) atoms. The van der Waals surface area contributed by atoms with Crippen LogP contribution in [0.5, 0.6) is 0 Å². The summed E-state index contributed by atoms with van der Waals surface area (Å²) in [4.78, 5) is 11.1. The number of hydrogen-bond donors (Lipinski definition) is 2. The van der Waals surface area contributed by atoms with Gasteiger partial charge in [-0.1, -0.05) is 13.0 Å². The first-order valence-electron chi connectivity index (χ1n) is 6.78. The van der Waals surface area contributed by atoms with Crippen molar-refractivity contribution in [3.8, 4) is 0 Å². The summed E-state index contributed by atoms with van der Waals surface area (Å²) in [7, 11) is 0. The average molecular weight is 272 g/mol. The number of hydrogen-bond acceptors (Lipinski definition) is 3. The van der Waals surface area contributed by atoms with Crippen molar-refractivity contribution in [2.45, 2.75) is 32.9 Å². The van der Waals surface area contributed by atoms with E-state index in [1.165, 1.54) is 0 Å². The molecular formula is C15H20N4O. The van der Waals surface area contributed by atoms with Gasteiger partial charge in [-0.05, 0) is 37.6 Å². The lowest BCUT2D eigenvalue weighted by Gasteiger charge is -2.09. The lowest BCUT2D eigenvalue weighted by atomic mass is 10.2. The van der Waals surface area contributed by atoms with E-state index in [-0.39, 0.29) is 0 Å². The molecule has 0 radical (unpaired) electrons. The molecule has 5 heteroatoms. The van der Waals surface area contributed by atoms with E-state index in [2.05, 4.69) is 24.3 Å². The molecular weight excluding hydrogens is 252 g/mol. The second-order valence-corrected chi connectivity index (χ2v) is 4.84. The number of nitrogens with one attached hydrogen (secondary N) is 1. The van der Waals surface area contributed by atoms with Crippen LogP contribution < -0.4 is 11.1 Å². The third-order valence-electron chi connectivity index (χ3n) is 3.33. The van der Waals surface area contributed by atoms with Crippen molar-refractivity contribution in [3.05, 3.63) is 47.8 Å². The second-order valence-electron chi connectivity index (χ2n) is 4.84. The van der Waals surface area contributed by atoms with Crippen LogP contribution in [0, 0.1) is 0 Å². The first-order chi connectivity index (χ1) is 9.60. The molecule has 0 aliphatic carbocycles. The van der Waals surface area contributed by atoms with Crippen molar-refractivity contribution in [1.29, 1.82) is 0 Å². The minimum absolute atomic E-state index is 0.405. The Labute approximate surface area is 118 Å². The highest BCUT2D eigenvalue weighted by Crippen LogP contribution is 2.13. The van der Waals surface area contributed by atoms with Gasteiger partial charge in [0.15, 0.2) is 0 Å². The molecule has 1 atom stereocenters. The molecule has 0 saturated carbocycles. The Morgan fingerprint density at radius 2 is 2.25 bits per heavy atom. The second kappa shape index (κ2) is 6.23. The van der Waals surface area contributed by atoms with E-state index in [0.717, 1.165) is 17.8 Å². The molecule has 0 aliphatic heterocycles. The molecule has 106 valence electrons. The maximum absolute atomic E-state index is 11.1. The maximum Gasteiger partial charge on any atom is 0.248 e. The zero-order valence-electron chi connectivity index (χ0n) is 11.8. The van der Waals surface area contributed by atoms with Crippen LogP contribution in [0.2, 0.25) is 0 Å². The van der Waals surface area contributed by atoms with E-state index < -0.39 is 5.91 Å². The molecule has 0 fully saturated rings. The molecule has 5 nitrogen and oxygen atoms in total. The molecule has 2 rings (SSSR count). The fourth-order valence-electron chi connectivity index (χ4n) is 1.88. The van der Waals surface area contributed by atoms with Crippen LogP contribution in [0.15, 0.2) is 36.5 Å². The summed E-state index contributed by atoms with van der Waals surface area (Å²) in [6.45, 7) is 4.89. The van der Waals surface area contributed by atoms with Crippen LogP contribution in [0.25, 0.3) is 0 Å². The number of rotatable bonds is 6. The monoisotopic (exact) mass is 272 g/mol. The number of anilines is 1. The van der Waals surface area contributed by atoms with Crippen LogP contribution in [0.3, 0.4) is 0 Å². The summed E-state index contributed by atoms with van der Waals surface area (Å²) in [5.41, 5.74) is 7.59. The Hall–Kier alpha value is -2.30. The maximum atomic E-state index is 11.1. The minimum atomic E-state index is -0.422. The number of aromatic nitrogens is 2. The summed E-state index contributed by atoms with van der Waals surface area (Å²) in [5.74, 6) is -0.422. The largest absolute Gasteiger partial charge is 0.379 e. The number of amides is 1.